The molecule has 0 bridgehead atoms. The van der Waals surface area contributed by atoms with Crippen LogP contribution in [-0.2, 0) is 22.6 Å². The molecule has 10 heteroatoms. The van der Waals surface area contributed by atoms with Crippen molar-refractivity contribution >= 4 is 11.9 Å². The molecule has 1 aromatic carbocycles. The van der Waals surface area contributed by atoms with Crippen molar-refractivity contribution in [2.24, 2.45) is 11.3 Å². The first-order valence-electron chi connectivity index (χ1n) is 13.4. The van der Waals surface area contributed by atoms with Crippen molar-refractivity contribution in [2.75, 3.05) is 26.2 Å². The highest BCUT2D eigenvalue weighted by molar-refractivity contribution is 5.87. The molecule has 1 spiro atoms. The molecule has 2 saturated heterocycles. The molecule has 1 aromatic heterocycles. The van der Waals surface area contributed by atoms with E-state index in [-0.39, 0.29) is 11.3 Å². The number of carbonyl (C=O) groups is 2. The number of alkyl halides is 3. The molecule has 1 aliphatic carbocycles. The van der Waals surface area contributed by atoms with Gasteiger partial charge in [0.25, 0.3) is 0 Å². The average molecular weight is 535 g/mol. The van der Waals surface area contributed by atoms with Gasteiger partial charge in [-0.3, -0.25) is 9.69 Å². The summed E-state index contributed by atoms with van der Waals surface area (Å²) in [6.07, 6.45) is 3.66. The topological polar surface area (TPSA) is 78.7 Å². The molecule has 3 fully saturated rings. The van der Waals surface area contributed by atoms with Gasteiger partial charge in [0.1, 0.15) is 0 Å². The van der Waals surface area contributed by atoms with Crippen LogP contribution in [0.2, 0.25) is 0 Å². The smallest absolute Gasteiger partial charge is 0.475 e. The van der Waals surface area contributed by atoms with E-state index in [2.05, 4.69) is 65.6 Å². The molecule has 3 aliphatic rings. The number of imidazole rings is 1. The summed E-state index contributed by atoms with van der Waals surface area (Å²) in [7, 11) is 0. The predicted molar refractivity (Wildman–Crippen MR) is 136 cm³/mol. The summed E-state index contributed by atoms with van der Waals surface area (Å²) >= 11 is 0. The van der Waals surface area contributed by atoms with Crippen LogP contribution in [0.5, 0.6) is 0 Å². The van der Waals surface area contributed by atoms with Crippen LogP contribution in [-0.4, -0.2) is 68.7 Å². The first kappa shape index (κ1) is 28.1. The van der Waals surface area contributed by atoms with Crippen LogP contribution in [0.25, 0.3) is 0 Å². The lowest BCUT2D eigenvalue weighted by Gasteiger charge is -2.28. The first-order valence-corrected chi connectivity index (χ1v) is 13.4. The van der Waals surface area contributed by atoms with Crippen LogP contribution in [0.4, 0.5) is 13.2 Å². The minimum Gasteiger partial charge on any atom is -0.475 e. The molecule has 2 unspecified atom stereocenters. The lowest BCUT2D eigenvalue weighted by molar-refractivity contribution is -0.192. The Morgan fingerprint density at radius 2 is 1.82 bits per heavy atom. The number of aromatic nitrogens is 2. The van der Waals surface area contributed by atoms with Crippen molar-refractivity contribution < 1.29 is 27.9 Å². The van der Waals surface area contributed by atoms with Crippen LogP contribution < -0.4 is 0 Å². The lowest BCUT2D eigenvalue weighted by Crippen LogP contribution is -2.40. The van der Waals surface area contributed by atoms with Gasteiger partial charge in [0, 0.05) is 50.9 Å². The summed E-state index contributed by atoms with van der Waals surface area (Å²) in [6.45, 7) is 11.1. The minimum atomic E-state index is -5.08. The van der Waals surface area contributed by atoms with E-state index >= 15 is 0 Å². The van der Waals surface area contributed by atoms with Crippen LogP contribution in [0.3, 0.4) is 0 Å². The van der Waals surface area contributed by atoms with Gasteiger partial charge >= 0.3 is 12.1 Å². The third-order valence-corrected chi connectivity index (χ3v) is 7.98. The molecule has 1 amide bonds. The van der Waals surface area contributed by atoms with Gasteiger partial charge in [-0.05, 0) is 56.6 Å². The Labute approximate surface area is 221 Å². The highest BCUT2D eigenvalue weighted by Crippen LogP contribution is 2.50. The minimum absolute atomic E-state index is 0.180. The molecule has 2 atom stereocenters. The fourth-order valence-corrected chi connectivity index (χ4v) is 5.57. The third kappa shape index (κ3) is 6.22. The Morgan fingerprint density at radius 3 is 2.34 bits per heavy atom. The molecule has 208 valence electrons. The van der Waals surface area contributed by atoms with E-state index in [1.54, 1.807) is 0 Å². The molecule has 7 nitrogen and oxygen atoms in total. The summed E-state index contributed by atoms with van der Waals surface area (Å²) in [4.78, 5) is 32.1. The SMILES string of the molecule is CCc1ccc(CN2CC(c3cn(C(C)C)cn3)C3(CCN(CC4CC4)C3=O)C2)cc1.O=C(O)C(F)(F)F. The van der Waals surface area contributed by atoms with E-state index < -0.39 is 12.1 Å². The summed E-state index contributed by atoms with van der Waals surface area (Å²) < 4.78 is 33.9. The third-order valence-electron chi connectivity index (χ3n) is 7.98. The van der Waals surface area contributed by atoms with E-state index in [0.717, 1.165) is 57.2 Å². The number of carboxylic acid groups (broad SMARTS) is 1. The standard InChI is InChI=1S/C26H36N4O.C2HF3O2/c1-4-20-5-7-21(8-6-20)13-28-15-23(24-16-30(18-27-24)19(2)3)26(17-28)11-12-29(25(26)31)14-22-9-10-22;3-2(4,5)1(6)7/h5-8,16,18-19,22-23H,4,9-15,17H2,1-3H3;(H,6,7). The van der Waals surface area contributed by atoms with Crippen molar-refractivity contribution in [3.05, 3.63) is 53.6 Å². The number of aliphatic carboxylic acids is 1. The summed E-state index contributed by atoms with van der Waals surface area (Å²) in [5.74, 6) is -1.45. The van der Waals surface area contributed by atoms with Crippen LogP contribution in [0.15, 0.2) is 36.8 Å². The van der Waals surface area contributed by atoms with Crippen molar-refractivity contribution in [3.63, 3.8) is 0 Å². The quantitative estimate of drug-likeness (QED) is 0.548. The van der Waals surface area contributed by atoms with E-state index in [1.165, 1.54) is 24.0 Å². The van der Waals surface area contributed by atoms with Gasteiger partial charge in [-0.2, -0.15) is 13.2 Å². The highest BCUT2D eigenvalue weighted by atomic mass is 19.4. The molecular weight excluding hydrogens is 497 g/mol. The van der Waals surface area contributed by atoms with Crippen molar-refractivity contribution in [2.45, 2.75) is 71.1 Å². The van der Waals surface area contributed by atoms with E-state index in [1.807, 2.05) is 6.33 Å². The molecule has 0 radical (unpaired) electrons. The van der Waals surface area contributed by atoms with Gasteiger partial charge in [-0.25, -0.2) is 9.78 Å². The van der Waals surface area contributed by atoms with Crippen molar-refractivity contribution in [1.82, 2.24) is 19.4 Å². The summed E-state index contributed by atoms with van der Waals surface area (Å²) in [5.41, 5.74) is 3.49. The number of amides is 1. The molecule has 2 aromatic rings. The monoisotopic (exact) mass is 534 g/mol. The lowest BCUT2D eigenvalue weighted by atomic mass is 9.75. The number of nitrogens with zero attached hydrogens (tertiary/aromatic N) is 4. The fraction of sp³-hybridized carbons (Fsp3) is 0.607. The molecule has 3 heterocycles. The molecule has 1 saturated carbocycles. The first-order chi connectivity index (χ1) is 17.9. The van der Waals surface area contributed by atoms with Gasteiger partial charge in [0.2, 0.25) is 5.91 Å². The second-order valence-corrected chi connectivity index (χ2v) is 11.1. The van der Waals surface area contributed by atoms with Gasteiger partial charge < -0.3 is 14.6 Å². The maximum absolute atomic E-state index is 13.8. The maximum Gasteiger partial charge on any atom is 0.490 e. The Balaban J connectivity index is 0.000000426. The number of aryl methyl sites for hydroxylation is 1. The number of likely N-dealkylation sites (tertiary alicyclic amines) is 2. The summed E-state index contributed by atoms with van der Waals surface area (Å²) in [5, 5.41) is 7.12. The zero-order valence-electron chi connectivity index (χ0n) is 22.2. The number of hydrogen-bond acceptors (Lipinski definition) is 4. The Kier molecular flexibility index (Phi) is 8.20. The predicted octanol–water partition coefficient (Wildman–Crippen LogP) is 4.89. The zero-order valence-corrected chi connectivity index (χ0v) is 22.2. The zero-order chi connectivity index (χ0) is 27.7. The number of hydrogen-bond donors (Lipinski definition) is 1. The van der Waals surface area contributed by atoms with Gasteiger partial charge in [-0.15, -0.1) is 0 Å². The van der Waals surface area contributed by atoms with Crippen LogP contribution in [0.1, 0.15) is 68.8 Å². The molecule has 1 N–H and O–H groups in total. The van der Waals surface area contributed by atoms with Crippen molar-refractivity contribution in [1.29, 1.82) is 0 Å². The number of benzene rings is 1. The van der Waals surface area contributed by atoms with E-state index in [4.69, 9.17) is 14.9 Å². The van der Waals surface area contributed by atoms with Crippen LogP contribution >= 0.6 is 0 Å². The molecule has 38 heavy (non-hydrogen) atoms. The Hall–Kier alpha value is -2.88. The van der Waals surface area contributed by atoms with Gasteiger partial charge in [0.15, 0.2) is 0 Å². The maximum atomic E-state index is 13.8. The molecule has 2 aliphatic heterocycles. The molecular formula is C28H37F3N4O3. The number of carbonyl (C=O) groups excluding carboxylic acids is 1. The Morgan fingerprint density at radius 1 is 1.18 bits per heavy atom. The molecule has 5 rings (SSSR count). The normalized spacial score (nSPS) is 23.8. The largest absolute Gasteiger partial charge is 0.490 e. The van der Waals surface area contributed by atoms with Gasteiger partial charge in [0.05, 0.1) is 17.4 Å². The van der Waals surface area contributed by atoms with Crippen LogP contribution in [0, 0.1) is 11.3 Å². The van der Waals surface area contributed by atoms with Crippen molar-refractivity contribution in [3.8, 4) is 0 Å². The van der Waals surface area contributed by atoms with Gasteiger partial charge in [-0.1, -0.05) is 31.2 Å². The van der Waals surface area contributed by atoms with E-state index in [9.17, 15) is 18.0 Å². The highest BCUT2D eigenvalue weighted by Gasteiger charge is 2.58. The fourth-order valence-electron chi connectivity index (χ4n) is 5.57. The Bertz CT molecular complexity index is 1130. The second-order valence-electron chi connectivity index (χ2n) is 11.1. The number of halogens is 3. The number of rotatable bonds is 7. The number of carboxylic acids is 1. The second kappa shape index (κ2) is 11.1. The average Bonchev–Trinajstić information content (AvgIpc) is 3.28. The summed E-state index contributed by atoms with van der Waals surface area (Å²) in [6, 6.07) is 9.37. The van der Waals surface area contributed by atoms with E-state index in [0.29, 0.717) is 11.9 Å².